The molecule has 70 valence electrons. The van der Waals surface area contributed by atoms with Gasteiger partial charge in [-0.25, -0.2) is 4.79 Å². The summed E-state index contributed by atoms with van der Waals surface area (Å²) in [5.41, 5.74) is 0.348. The largest absolute Gasteiger partial charge is 0.506 e. The van der Waals surface area contributed by atoms with E-state index >= 15 is 0 Å². The molecule has 13 heavy (non-hydrogen) atoms. The fourth-order valence-corrected chi connectivity index (χ4v) is 0.856. The van der Waals surface area contributed by atoms with Crippen molar-refractivity contribution in [2.45, 2.75) is 6.92 Å². The summed E-state index contributed by atoms with van der Waals surface area (Å²) in [6, 6.07) is 6.46. The molecule has 0 aliphatic carbocycles. The first-order valence-electron chi connectivity index (χ1n) is 3.95. The molecule has 0 aliphatic heterocycles. The molecule has 0 heterocycles. The van der Waals surface area contributed by atoms with Crippen molar-refractivity contribution >= 4 is 11.8 Å². The SMILES string of the molecule is CCOC(=O)Nc1ccccc1O. The van der Waals surface area contributed by atoms with Crippen molar-refractivity contribution in [3.05, 3.63) is 24.3 Å². The molecule has 0 unspecified atom stereocenters. The van der Waals surface area contributed by atoms with Crippen LogP contribution in [0.3, 0.4) is 0 Å². The van der Waals surface area contributed by atoms with Crippen molar-refractivity contribution in [2.24, 2.45) is 0 Å². The van der Waals surface area contributed by atoms with Crippen LogP contribution in [0.15, 0.2) is 24.3 Å². The minimum absolute atomic E-state index is 0.0237. The van der Waals surface area contributed by atoms with Gasteiger partial charge in [0.25, 0.3) is 0 Å². The number of benzene rings is 1. The minimum Gasteiger partial charge on any atom is -0.506 e. The number of phenols is 1. The van der Waals surface area contributed by atoms with Crippen LogP contribution < -0.4 is 5.32 Å². The van der Waals surface area contributed by atoms with E-state index in [-0.39, 0.29) is 5.75 Å². The number of hydrogen-bond donors (Lipinski definition) is 2. The number of phenolic OH excluding ortho intramolecular Hbond substituents is 1. The molecular formula is C9H11NO3. The predicted octanol–water partition coefficient (Wildman–Crippen LogP) is 1.96. The lowest BCUT2D eigenvalue weighted by Gasteiger charge is -2.05. The van der Waals surface area contributed by atoms with Gasteiger partial charge in [0.1, 0.15) is 5.75 Å². The predicted molar refractivity (Wildman–Crippen MR) is 48.8 cm³/mol. The summed E-state index contributed by atoms with van der Waals surface area (Å²) in [5.74, 6) is 0.0237. The molecule has 0 aliphatic rings. The van der Waals surface area contributed by atoms with Crippen LogP contribution in [0.1, 0.15) is 6.92 Å². The van der Waals surface area contributed by atoms with Crippen LogP contribution in [0.5, 0.6) is 5.75 Å². The first-order chi connectivity index (χ1) is 6.24. The third-order valence-corrected chi connectivity index (χ3v) is 1.42. The molecule has 2 N–H and O–H groups in total. The van der Waals surface area contributed by atoms with Crippen LogP contribution in [-0.4, -0.2) is 17.8 Å². The van der Waals surface area contributed by atoms with Crippen molar-refractivity contribution in [1.82, 2.24) is 0 Å². The molecule has 0 saturated carbocycles. The zero-order valence-corrected chi connectivity index (χ0v) is 7.28. The quantitative estimate of drug-likeness (QED) is 0.685. The summed E-state index contributed by atoms with van der Waals surface area (Å²) >= 11 is 0. The van der Waals surface area contributed by atoms with Gasteiger partial charge in [-0.2, -0.15) is 0 Å². The number of carbonyl (C=O) groups is 1. The van der Waals surface area contributed by atoms with E-state index in [1.54, 1.807) is 25.1 Å². The highest BCUT2D eigenvalue weighted by Crippen LogP contribution is 2.21. The van der Waals surface area contributed by atoms with Gasteiger partial charge in [0.05, 0.1) is 12.3 Å². The molecule has 0 saturated heterocycles. The molecule has 1 aromatic carbocycles. The molecule has 0 bridgehead atoms. The molecule has 0 fully saturated rings. The zero-order valence-electron chi connectivity index (χ0n) is 7.28. The number of carbonyl (C=O) groups excluding carboxylic acids is 1. The van der Waals surface area contributed by atoms with E-state index in [1.807, 2.05) is 0 Å². The lowest BCUT2D eigenvalue weighted by molar-refractivity contribution is 0.168. The smallest absolute Gasteiger partial charge is 0.411 e. The van der Waals surface area contributed by atoms with Crippen molar-refractivity contribution in [3.63, 3.8) is 0 Å². The summed E-state index contributed by atoms with van der Waals surface area (Å²) in [7, 11) is 0. The van der Waals surface area contributed by atoms with Crippen LogP contribution >= 0.6 is 0 Å². The highest BCUT2D eigenvalue weighted by Gasteiger charge is 2.04. The molecule has 0 spiro atoms. The number of hydrogen-bond acceptors (Lipinski definition) is 3. The molecule has 1 amide bonds. The van der Waals surface area contributed by atoms with Crippen LogP contribution in [0, 0.1) is 0 Å². The monoisotopic (exact) mass is 181 g/mol. The van der Waals surface area contributed by atoms with Crippen LogP contribution in [0.2, 0.25) is 0 Å². The lowest BCUT2D eigenvalue weighted by Crippen LogP contribution is -2.13. The van der Waals surface area contributed by atoms with E-state index < -0.39 is 6.09 Å². The van der Waals surface area contributed by atoms with Crippen molar-refractivity contribution < 1.29 is 14.6 Å². The van der Waals surface area contributed by atoms with Gasteiger partial charge < -0.3 is 9.84 Å². The standard InChI is InChI=1S/C9H11NO3/c1-2-13-9(12)10-7-5-3-4-6-8(7)11/h3-6,11H,2H2,1H3,(H,10,12). The molecule has 1 aromatic rings. The van der Waals surface area contributed by atoms with Gasteiger partial charge in [0.15, 0.2) is 0 Å². The van der Waals surface area contributed by atoms with Crippen molar-refractivity contribution in [1.29, 1.82) is 0 Å². The van der Waals surface area contributed by atoms with Gasteiger partial charge >= 0.3 is 6.09 Å². The second kappa shape index (κ2) is 4.35. The molecule has 0 radical (unpaired) electrons. The molecular weight excluding hydrogens is 170 g/mol. The third-order valence-electron chi connectivity index (χ3n) is 1.42. The summed E-state index contributed by atoms with van der Waals surface area (Å²) in [6.45, 7) is 2.02. The number of aromatic hydroxyl groups is 1. The van der Waals surface area contributed by atoms with Gasteiger partial charge in [-0.15, -0.1) is 0 Å². The van der Waals surface area contributed by atoms with Crippen LogP contribution in [0.25, 0.3) is 0 Å². The van der Waals surface area contributed by atoms with E-state index in [2.05, 4.69) is 10.1 Å². The first-order valence-corrected chi connectivity index (χ1v) is 3.95. The van der Waals surface area contributed by atoms with Gasteiger partial charge in [-0.3, -0.25) is 5.32 Å². The molecule has 1 rings (SSSR count). The van der Waals surface area contributed by atoms with E-state index in [4.69, 9.17) is 0 Å². The maximum atomic E-state index is 10.9. The number of para-hydroxylation sites is 2. The van der Waals surface area contributed by atoms with E-state index in [1.165, 1.54) is 6.07 Å². The minimum atomic E-state index is -0.566. The normalized spacial score (nSPS) is 9.31. The average Bonchev–Trinajstić information content (AvgIpc) is 2.09. The summed E-state index contributed by atoms with van der Waals surface area (Å²) in [4.78, 5) is 10.9. The second-order valence-electron chi connectivity index (χ2n) is 2.36. The molecule has 0 aromatic heterocycles. The highest BCUT2D eigenvalue weighted by atomic mass is 16.5. The molecule has 4 nitrogen and oxygen atoms in total. The van der Waals surface area contributed by atoms with Gasteiger partial charge in [-0.1, -0.05) is 12.1 Å². The maximum Gasteiger partial charge on any atom is 0.411 e. The Kier molecular flexibility index (Phi) is 3.14. The van der Waals surface area contributed by atoms with Crippen molar-refractivity contribution in [3.8, 4) is 5.75 Å². The number of nitrogens with one attached hydrogen (secondary N) is 1. The van der Waals surface area contributed by atoms with Gasteiger partial charge in [0.2, 0.25) is 0 Å². The van der Waals surface area contributed by atoms with Crippen molar-refractivity contribution in [2.75, 3.05) is 11.9 Å². The third kappa shape index (κ3) is 2.66. The van der Waals surface area contributed by atoms with Gasteiger partial charge in [-0.05, 0) is 19.1 Å². The Balaban J connectivity index is 2.63. The Hall–Kier alpha value is -1.71. The topological polar surface area (TPSA) is 58.6 Å². The molecule has 4 heteroatoms. The summed E-state index contributed by atoms with van der Waals surface area (Å²) in [5, 5.41) is 11.7. The van der Waals surface area contributed by atoms with E-state index in [9.17, 15) is 9.90 Å². The molecule has 0 atom stereocenters. The second-order valence-corrected chi connectivity index (χ2v) is 2.36. The fraction of sp³-hybridized carbons (Fsp3) is 0.222. The fourth-order valence-electron chi connectivity index (χ4n) is 0.856. The summed E-state index contributed by atoms with van der Waals surface area (Å²) in [6.07, 6.45) is -0.566. The number of ether oxygens (including phenoxy) is 1. The average molecular weight is 181 g/mol. The van der Waals surface area contributed by atoms with Gasteiger partial charge in [0, 0.05) is 0 Å². The summed E-state index contributed by atoms with van der Waals surface area (Å²) < 4.78 is 4.64. The maximum absolute atomic E-state index is 10.9. The van der Waals surface area contributed by atoms with E-state index in [0.29, 0.717) is 12.3 Å². The van der Waals surface area contributed by atoms with Crippen LogP contribution in [0.4, 0.5) is 10.5 Å². The Morgan fingerprint density at radius 2 is 2.23 bits per heavy atom. The lowest BCUT2D eigenvalue weighted by atomic mass is 10.3. The Morgan fingerprint density at radius 3 is 2.85 bits per heavy atom. The first kappa shape index (κ1) is 9.38. The number of rotatable bonds is 2. The zero-order chi connectivity index (χ0) is 9.68. The Bertz CT molecular complexity index is 299. The number of amides is 1. The van der Waals surface area contributed by atoms with Crippen LogP contribution in [-0.2, 0) is 4.74 Å². The highest BCUT2D eigenvalue weighted by molar-refractivity contribution is 5.86. The Morgan fingerprint density at radius 1 is 1.54 bits per heavy atom. The van der Waals surface area contributed by atoms with E-state index in [0.717, 1.165) is 0 Å². The Labute approximate surface area is 76.1 Å². The number of anilines is 1.